The first kappa shape index (κ1) is 14.9. The molecule has 0 aliphatic rings. The van der Waals surface area contributed by atoms with Gasteiger partial charge in [0.05, 0.1) is 11.4 Å². The molecule has 0 saturated heterocycles. The van der Waals surface area contributed by atoms with Crippen LogP contribution in [0.1, 0.15) is 37.6 Å². The second-order valence-electron chi connectivity index (χ2n) is 5.72. The second-order valence-corrected chi connectivity index (χ2v) is 6.49. The van der Waals surface area contributed by atoms with E-state index in [1.54, 1.807) is 10.7 Å². The molecule has 1 aromatic carbocycles. The van der Waals surface area contributed by atoms with Crippen LogP contribution in [0.15, 0.2) is 18.2 Å². The van der Waals surface area contributed by atoms with Crippen molar-refractivity contribution in [3.05, 3.63) is 45.2 Å². The zero-order valence-electron chi connectivity index (χ0n) is 11.8. The minimum Gasteiger partial charge on any atom is -0.220 e. The Bertz CT molecular complexity index is 703. The van der Waals surface area contributed by atoms with Gasteiger partial charge >= 0.3 is 0 Å². The van der Waals surface area contributed by atoms with Crippen molar-refractivity contribution in [3.8, 4) is 11.8 Å². The fourth-order valence-corrected chi connectivity index (χ4v) is 2.35. The first-order chi connectivity index (χ1) is 9.25. The molecule has 0 fully saturated rings. The van der Waals surface area contributed by atoms with Gasteiger partial charge in [-0.25, -0.2) is 4.68 Å². The molecule has 0 aliphatic carbocycles. The van der Waals surface area contributed by atoms with E-state index in [4.69, 9.17) is 23.2 Å². The third-order valence-corrected chi connectivity index (χ3v) is 3.81. The van der Waals surface area contributed by atoms with E-state index < -0.39 is 0 Å². The van der Waals surface area contributed by atoms with E-state index in [-0.39, 0.29) is 5.41 Å². The zero-order valence-corrected chi connectivity index (χ0v) is 13.3. The largest absolute Gasteiger partial charge is 0.220 e. The molecule has 2 aromatic rings. The zero-order chi connectivity index (χ0) is 15.1. The maximum atomic E-state index is 9.31. The molecule has 0 saturated carbocycles. The van der Waals surface area contributed by atoms with Crippen molar-refractivity contribution in [2.75, 3.05) is 0 Å². The van der Waals surface area contributed by atoms with Gasteiger partial charge in [-0.1, -0.05) is 50.0 Å². The average molecular weight is 308 g/mol. The summed E-state index contributed by atoms with van der Waals surface area (Å²) in [7, 11) is 0. The predicted octanol–water partition coefficient (Wildman–Crippen LogP) is 4.66. The second kappa shape index (κ2) is 5.12. The Morgan fingerprint density at radius 2 is 1.90 bits per heavy atom. The van der Waals surface area contributed by atoms with Crippen molar-refractivity contribution < 1.29 is 0 Å². The highest BCUT2D eigenvalue weighted by Gasteiger charge is 2.26. The highest BCUT2D eigenvalue weighted by molar-refractivity contribution is 6.32. The lowest BCUT2D eigenvalue weighted by molar-refractivity contribution is 0.559. The molecule has 0 bridgehead atoms. The summed E-state index contributed by atoms with van der Waals surface area (Å²) in [6, 6.07) is 7.72. The van der Waals surface area contributed by atoms with E-state index in [1.165, 1.54) is 0 Å². The topological polar surface area (TPSA) is 41.6 Å². The SMILES string of the molecule is Cc1ccc(-n2nc(C(C)(C)C)c(C#N)c2Cl)cc1Cl. The first-order valence-corrected chi connectivity index (χ1v) is 6.97. The van der Waals surface area contributed by atoms with Crippen molar-refractivity contribution in [2.24, 2.45) is 0 Å². The molecule has 0 N–H and O–H groups in total. The minimum atomic E-state index is -0.256. The number of nitriles is 1. The van der Waals surface area contributed by atoms with E-state index in [9.17, 15) is 5.26 Å². The van der Waals surface area contributed by atoms with Crippen LogP contribution < -0.4 is 0 Å². The number of hydrogen-bond acceptors (Lipinski definition) is 2. The van der Waals surface area contributed by atoms with Crippen molar-refractivity contribution in [2.45, 2.75) is 33.1 Å². The quantitative estimate of drug-likeness (QED) is 0.769. The molecule has 0 spiro atoms. The summed E-state index contributed by atoms with van der Waals surface area (Å²) in [6.45, 7) is 7.93. The molecule has 1 aromatic heterocycles. The van der Waals surface area contributed by atoms with Gasteiger partial charge in [0, 0.05) is 10.4 Å². The highest BCUT2D eigenvalue weighted by atomic mass is 35.5. The summed E-state index contributed by atoms with van der Waals surface area (Å²) in [5, 5.41) is 14.8. The number of rotatable bonds is 1. The molecule has 20 heavy (non-hydrogen) atoms. The fourth-order valence-electron chi connectivity index (χ4n) is 1.91. The van der Waals surface area contributed by atoms with Crippen LogP contribution in [0.3, 0.4) is 0 Å². The van der Waals surface area contributed by atoms with Crippen molar-refractivity contribution in [3.63, 3.8) is 0 Å². The van der Waals surface area contributed by atoms with E-state index in [0.29, 0.717) is 21.4 Å². The Kier molecular flexibility index (Phi) is 3.82. The van der Waals surface area contributed by atoms with Crippen LogP contribution in [0, 0.1) is 18.3 Å². The number of nitrogens with zero attached hydrogens (tertiary/aromatic N) is 3. The standard InChI is InChI=1S/C15H15Cl2N3/c1-9-5-6-10(7-12(9)16)20-14(17)11(8-18)13(19-20)15(2,3)4/h5-7H,1-4H3. The van der Waals surface area contributed by atoms with E-state index in [1.807, 2.05) is 39.8 Å². The predicted molar refractivity (Wildman–Crippen MR) is 81.7 cm³/mol. The summed E-state index contributed by atoms with van der Waals surface area (Å²) in [5.74, 6) is 0. The molecule has 2 rings (SSSR count). The molecule has 0 amide bonds. The van der Waals surface area contributed by atoms with Gasteiger partial charge < -0.3 is 0 Å². The molecule has 0 aliphatic heterocycles. The number of aryl methyl sites for hydroxylation is 1. The van der Waals surface area contributed by atoms with Gasteiger partial charge in [-0.2, -0.15) is 10.4 Å². The fraction of sp³-hybridized carbons (Fsp3) is 0.333. The third kappa shape index (κ3) is 2.54. The van der Waals surface area contributed by atoms with Gasteiger partial charge in [0.25, 0.3) is 0 Å². The van der Waals surface area contributed by atoms with Crippen molar-refractivity contribution in [1.82, 2.24) is 9.78 Å². The minimum absolute atomic E-state index is 0.256. The van der Waals surface area contributed by atoms with Crippen LogP contribution in [0.25, 0.3) is 5.69 Å². The lowest BCUT2D eigenvalue weighted by Gasteiger charge is -2.15. The van der Waals surface area contributed by atoms with Crippen LogP contribution >= 0.6 is 23.2 Å². The molecule has 0 atom stereocenters. The molecule has 0 unspecified atom stereocenters. The maximum Gasteiger partial charge on any atom is 0.150 e. The summed E-state index contributed by atoms with van der Waals surface area (Å²) in [5.41, 5.74) is 2.57. The number of hydrogen-bond donors (Lipinski definition) is 0. The molecule has 3 nitrogen and oxygen atoms in total. The first-order valence-electron chi connectivity index (χ1n) is 6.21. The number of halogens is 2. The van der Waals surface area contributed by atoms with Gasteiger partial charge in [-0.3, -0.25) is 0 Å². The summed E-state index contributed by atoms with van der Waals surface area (Å²) >= 11 is 12.4. The van der Waals surface area contributed by atoms with Crippen LogP contribution in [0.2, 0.25) is 10.2 Å². The van der Waals surface area contributed by atoms with Crippen LogP contribution in [-0.2, 0) is 5.41 Å². The monoisotopic (exact) mass is 307 g/mol. The smallest absolute Gasteiger partial charge is 0.150 e. The van der Waals surface area contributed by atoms with Gasteiger partial charge in [-0.05, 0) is 24.6 Å². The lowest BCUT2D eigenvalue weighted by atomic mass is 9.90. The molecular weight excluding hydrogens is 293 g/mol. The normalized spacial score (nSPS) is 11.4. The van der Waals surface area contributed by atoms with Gasteiger partial charge in [0.1, 0.15) is 11.6 Å². The van der Waals surface area contributed by atoms with Gasteiger partial charge in [0.2, 0.25) is 0 Å². The molecule has 5 heteroatoms. The molecular formula is C15H15Cl2N3. The van der Waals surface area contributed by atoms with Gasteiger partial charge in [0.15, 0.2) is 5.15 Å². The molecule has 104 valence electrons. The number of aromatic nitrogens is 2. The average Bonchev–Trinajstić information content (AvgIpc) is 2.69. The van der Waals surface area contributed by atoms with Crippen LogP contribution in [0.4, 0.5) is 0 Å². The maximum absolute atomic E-state index is 9.31. The Hall–Kier alpha value is -1.50. The lowest BCUT2D eigenvalue weighted by Crippen LogP contribution is -2.14. The summed E-state index contributed by atoms with van der Waals surface area (Å²) in [6.07, 6.45) is 0. The Morgan fingerprint density at radius 3 is 2.35 bits per heavy atom. The summed E-state index contributed by atoms with van der Waals surface area (Å²) in [4.78, 5) is 0. The number of benzene rings is 1. The van der Waals surface area contributed by atoms with Crippen molar-refractivity contribution >= 4 is 23.2 Å². The van der Waals surface area contributed by atoms with E-state index in [2.05, 4.69) is 11.2 Å². The summed E-state index contributed by atoms with van der Waals surface area (Å²) < 4.78 is 1.56. The highest BCUT2D eigenvalue weighted by Crippen LogP contribution is 2.31. The van der Waals surface area contributed by atoms with Gasteiger partial charge in [-0.15, -0.1) is 0 Å². The Labute approximate surface area is 128 Å². The Balaban J connectivity index is 2.67. The molecule has 1 heterocycles. The third-order valence-electron chi connectivity index (χ3n) is 3.05. The van der Waals surface area contributed by atoms with E-state index in [0.717, 1.165) is 11.3 Å². The van der Waals surface area contributed by atoms with E-state index >= 15 is 0 Å². The molecule has 0 radical (unpaired) electrons. The van der Waals surface area contributed by atoms with Crippen LogP contribution in [-0.4, -0.2) is 9.78 Å². The van der Waals surface area contributed by atoms with Crippen LogP contribution in [0.5, 0.6) is 0 Å². The Morgan fingerprint density at radius 1 is 1.25 bits per heavy atom. The van der Waals surface area contributed by atoms with Crippen molar-refractivity contribution in [1.29, 1.82) is 5.26 Å².